The second kappa shape index (κ2) is 25.0. The van der Waals surface area contributed by atoms with Gasteiger partial charge in [0.2, 0.25) is 0 Å². The lowest BCUT2D eigenvalue weighted by molar-refractivity contribution is 0.0574. The summed E-state index contributed by atoms with van der Waals surface area (Å²) in [6, 6.07) is 47.7. The number of esters is 2. The summed E-state index contributed by atoms with van der Waals surface area (Å²) in [6.07, 6.45) is 5.18. The van der Waals surface area contributed by atoms with Crippen LogP contribution in [-0.4, -0.2) is 101 Å². The number of carbonyl (C=O) groups is 4. The minimum atomic E-state index is -0.537. The Morgan fingerprint density at radius 2 is 0.782 bits per heavy atom. The molecule has 2 aliphatic carbocycles. The molecule has 0 radical (unpaired) electrons. The lowest BCUT2D eigenvalue weighted by Gasteiger charge is -2.39. The number of hydroxylamine groups is 1. The van der Waals surface area contributed by atoms with E-state index in [2.05, 4.69) is 73.0 Å². The lowest BCUT2D eigenvalue weighted by atomic mass is 10.1. The molecule has 6 aromatic rings. The zero-order valence-corrected chi connectivity index (χ0v) is 45.6. The van der Waals surface area contributed by atoms with Crippen LogP contribution in [0.15, 0.2) is 146 Å². The fourth-order valence-corrected chi connectivity index (χ4v) is 10.2. The molecule has 11 rings (SSSR count). The lowest BCUT2D eigenvalue weighted by Crippen LogP contribution is -2.45. The molecule has 0 unspecified atom stereocenters. The van der Waals surface area contributed by atoms with Crippen LogP contribution in [0.25, 0.3) is 0 Å². The van der Waals surface area contributed by atoms with Crippen LogP contribution < -0.4 is 34.9 Å². The van der Waals surface area contributed by atoms with Gasteiger partial charge in [-0.3, -0.25) is 14.9 Å². The molecule has 0 spiro atoms. The molecule has 0 bridgehead atoms. The highest BCUT2D eigenvalue weighted by molar-refractivity contribution is 5.94. The van der Waals surface area contributed by atoms with E-state index in [9.17, 15) is 19.2 Å². The van der Waals surface area contributed by atoms with Gasteiger partial charge in [-0.15, -0.1) is 0 Å². The number of hydrogen-bond acceptors (Lipinski definition) is 13. The Labute approximate surface area is 458 Å². The molecule has 0 saturated heterocycles. The first-order chi connectivity index (χ1) is 37.8. The van der Waals surface area contributed by atoms with Gasteiger partial charge < -0.3 is 38.7 Å². The summed E-state index contributed by atoms with van der Waals surface area (Å²) in [5.41, 5.74) is 13.3. The van der Waals surface area contributed by atoms with Gasteiger partial charge in [0, 0.05) is 77.6 Å². The molecule has 15 nitrogen and oxygen atoms in total. The topological polar surface area (TPSA) is 148 Å². The number of fused-ring (bicyclic) bond motifs is 3. The number of para-hydroxylation sites is 6. The highest BCUT2D eigenvalue weighted by atomic mass is 16.6. The van der Waals surface area contributed by atoms with Crippen LogP contribution in [0.2, 0.25) is 0 Å². The Bertz CT molecular complexity index is 2880. The van der Waals surface area contributed by atoms with Crippen molar-refractivity contribution in [2.45, 2.75) is 71.7 Å². The van der Waals surface area contributed by atoms with E-state index in [0.717, 1.165) is 73.6 Å². The van der Waals surface area contributed by atoms with Gasteiger partial charge in [-0.05, 0) is 148 Å². The number of rotatable bonds is 13. The quantitative estimate of drug-likeness (QED) is 0.0490. The van der Waals surface area contributed by atoms with E-state index >= 15 is 0 Å². The molecular formula is C63H73N7O8. The highest BCUT2D eigenvalue weighted by Crippen LogP contribution is 2.40. The van der Waals surface area contributed by atoms with E-state index in [1.807, 2.05) is 93.6 Å². The Kier molecular flexibility index (Phi) is 17.5. The Hall–Kier alpha value is -8.04. The van der Waals surface area contributed by atoms with E-state index in [0.29, 0.717) is 36.3 Å². The van der Waals surface area contributed by atoms with Crippen LogP contribution in [0.5, 0.6) is 0 Å². The summed E-state index contributed by atoms with van der Waals surface area (Å²) in [5.74, 6) is 0.661. The summed E-state index contributed by atoms with van der Waals surface area (Å²) >= 11 is 0. The summed E-state index contributed by atoms with van der Waals surface area (Å²) in [6.45, 7) is 15.7. The van der Waals surface area contributed by atoms with Crippen molar-refractivity contribution in [1.29, 1.82) is 0 Å². The normalized spacial score (nSPS) is 15.5. The molecule has 78 heavy (non-hydrogen) atoms. The molecular weight excluding hydrogens is 983 g/mol. The monoisotopic (exact) mass is 1060 g/mol. The molecule has 3 heterocycles. The highest BCUT2D eigenvalue weighted by Gasteiger charge is 2.32. The predicted molar refractivity (Wildman–Crippen MR) is 307 cm³/mol. The first-order valence-electron chi connectivity index (χ1n) is 27.2. The van der Waals surface area contributed by atoms with Crippen LogP contribution in [0, 0.1) is 11.8 Å². The SMILES string of the molecule is COC(=O)c1ccc(CN2CCN(C(=O)OC(C)(C)C)c3ccccc32)cc1.COC(=O)c1ccc(CN2CCN(CC3CC3)c3ccccc32)cc1.O=C(NO)c1ccc(CN2CCN(CC3CC3)c3ccccc32)cc1. The number of benzene rings is 6. The van der Waals surface area contributed by atoms with Crippen molar-refractivity contribution in [3.63, 3.8) is 0 Å². The molecule has 15 heteroatoms. The summed E-state index contributed by atoms with van der Waals surface area (Å²) < 4.78 is 15.1. The summed E-state index contributed by atoms with van der Waals surface area (Å²) in [4.78, 5) is 61.0. The molecule has 5 aliphatic rings. The summed E-state index contributed by atoms with van der Waals surface area (Å²) in [5, 5.41) is 8.71. The zero-order valence-electron chi connectivity index (χ0n) is 45.6. The molecule has 6 aromatic carbocycles. The molecule has 2 amide bonds. The first kappa shape index (κ1) is 54.7. The van der Waals surface area contributed by atoms with Gasteiger partial charge in [0.05, 0.1) is 59.5 Å². The van der Waals surface area contributed by atoms with Gasteiger partial charge >= 0.3 is 18.0 Å². The van der Waals surface area contributed by atoms with Gasteiger partial charge in [-0.1, -0.05) is 72.8 Å². The minimum Gasteiger partial charge on any atom is -0.465 e. The largest absolute Gasteiger partial charge is 0.465 e. The minimum absolute atomic E-state index is 0.286. The van der Waals surface area contributed by atoms with Crippen molar-refractivity contribution in [1.82, 2.24) is 5.48 Å². The average molecular weight is 1060 g/mol. The van der Waals surface area contributed by atoms with Gasteiger partial charge in [0.15, 0.2) is 0 Å². The van der Waals surface area contributed by atoms with Crippen LogP contribution in [-0.2, 0) is 33.8 Å². The van der Waals surface area contributed by atoms with Crippen LogP contribution >= 0.6 is 0 Å². The van der Waals surface area contributed by atoms with Crippen molar-refractivity contribution in [3.8, 4) is 0 Å². The van der Waals surface area contributed by atoms with Crippen molar-refractivity contribution in [3.05, 3.63) is 179 Å². The number of methoxy groups -OCH3 is 2. The second-order valence-corrected chi connectivity index (χ2v) is 21.7. The maximum Gasteiger partial charge on any atom is 0.414 e. The van der Waals surface area contributed by atoms with E-state index in [1.54, 1.807) is 34.6 Å². The maximum absolute atomic E-state index is 12.6. The molecule has 2 N–H and O–H groups in total. The smallest absolute Gasteiger partial charge is 0.414 e. The van der Waals surface area contributed by atoms with E-state index in [1.165, 1.54) is 81.3 Å². The molecule has 2 fully saturated rings. The fourth-order valence-electron chi connectivity index (χ4n) is 10.2. The van der Waals surface area contributed by atoms with Gasteiger partial charge in [-0.2, -0.15) is 0 Å². The molecule has 2 saturated carbocycles. The third kappa shape index (κ3) is 14.1. The fraction of sp³-hybridized carbons (Fsp3) is 0.365. The van der Waals surface area contributed by atoms with Crippen molar-refractivity contribution < 1.29 is 38.6 Å². The van der Waals surface area contributed by atoms with Gasteiger partial charge in [-0.25, -0.2) is 19.9 Å². The predicted octanol–water partition coefficient (Wildman–Crippen LogP) is 11.0. The van der Waals surface area contributed by atoms with Crippen molar-refractivity contribution in [2.75, 3.05) is 96.0 Å². The number of nitrogens with zero attached hydrogens (tertiary/aromatic N) is 6. The summed E-state index contributed by atoms with van der Waals surface area (Å²) in [7, 11) is 2.78. The number of anilines is 6. The van der Waals surface area contributed by atoms with E-state index < -0.39 is 11.5 Å². The van der Waals surface area contributed by atoms with Gasteiger partial charge in [0.1, 0.15) is 5.60 Å². The van der Waals surface area contributed by atoms with Crippen molar-refractivity contribution in [2.24, 2.45) is 11.8 Å². The number of amides is 2. The van der Waals surface area contributed by atoms with Gasteiger partial charge in [0.25, 0.3) is 5.91 Å². The third-order valence-electron chi connectivity index (χ3n) is 14.7. The standard InChI is InChI=1S/C22H26N2O4.C21H24N2O2.C20H23N3O2/c1-22(2,3)28-21(26)24-14-13-23(18-7-5-6-8-19(18)24)15-16-9-11-17(12-10-16)20(25)27-4;1-25-21(24)18-10-8-17(9-11-18)15-23-13-12-22(14-16-6-7-16)19-4-2-3-5-20(19)23;24-20(21-25)17-9-7-16(8-10-17)14-23-12-11-22(13-15-5-6-15)18-3-1-2-4-19(18)23/h5-12H,13-15H2,1-4H3;2-5,8-11,16H,6-7,12-15H2,1H3;1-4,7-10,15,25H,5-6,11-14H2,(H,21,24). The van der Waals surface area contributed by atoms with E-state index in [4.69, 9.17) is 19.4 Å². The molecule has 3 aliphatic heterocycles. The Morgan fingerprint density at radius 1 is 0.462 bits per heavy atom. The molecule has 408 valence electrons. The third-order valence-corrected chi connectivity index (χ3v) is 14.7. The maximum atomic E-state index is 12.6. The first-order valence-corrected chi connectivity index (χ1v) is 27.2. The Morgan fingerprint density at radius 3 is 1.13 bits per heavy atom. The number of carbonyl (C=O) groups excluding carboxylic acids is 4. The van der Waals surface area contributed by atoms with Crippen molar-refractivity contribution >= 4 is 58.1 Å². The zero-order chi connectivity index (χ0) is 54.8. The second-order valence-electron chi connectivity index (χ2n) is 21.7. The Balaban J connectivity index is 0.000000142. The van der Waals surface area contributed by atoms with Crippen LogP contribution in [0.3, 0.4) is 0 Å². The van der Waals surface area contributed by atoms with Crippen LogP contribution in [0.1, 0.15) is 94.2 Å². The number of nitrogens with one attached hydrogen (secondary N) is 1. The number of hydrogen-bond donors (Lipinski definition) is 2. The number of ether oxygens (including phenoxy) is 3. The molecule has 0 aromatic heterocycles. The molecule has 0 atom stereocenters. The van der Waals surface area contributed by atoms with Crippen LogP contribution in [0.4, 0.5) is 38.9 Å². The average Bonchev–Trinajstić information content (AvgIpc) is 4.44. The van der Waals surface area contributed by atoms with E-state index in [-0.39, 0.29) is 18.0 Å².